The second-order valence-corrected chi connectivity index (χ2v) is 9.37. The van der Waals surface area contributed by atoms with Crippen molar-refractivity contribution in [3.8, 4) is 22.3 Å². The first-order valence-electron chi connectivity index (χ1n) is 11.1. The van der Waals surface area contributed by atoms with Crippen LogP contribution in [0.1, 0.15) is 42.8 Å². The second kappa shape index (κ2) is 8.46. The van der Waals surface area contributed by atoms with Crippen LogP contribution in [-0.4, -0.2) is 35.4 Å². The molecular weight excluding hydrogens is 449 g/mol. The molecule has 0 saturated carbocycles. The Hall–Kier alpha value is -4.34. The fourth-order valence-electron chi connectivity index (χ4n) is 3.72. The Morgan fingerprint density at radius 1 is 1.09 bits per heavy atom. The van der Waals surface area contributed by atoms with E-state index >= 15 is 4.39 Å². The van der Waals surface area contributed by atoms with Crippen LogP contribution >= 0.6 is 0 Å². The Morgan fingerprint density at radius 2 is 1.91 bits per heavy atom. The number of aromatic nitrogens is 6. The predicted octanol–water partition coefficient (Wildman–Crippen LogP) is 4.15. The van der Waals surface area contributed by atoms with E-state index in [1.165, 1.54) is 6.07 Å². The van der Waals surface area contributed by atoms with Crippen LogP contribution < -0.4 is 5.32 Å². The number of nitrogens with one attached hydrogen (secondary N) is 1. The summed E-state index contributed by atoms with van der Waals surface area (Å²) in [6, 6.07) is 8.82. The zero-order chi connectivity index (χ0) is 24.7. The molecule has 5 rings (SSSR count). The molecule has 9 nitrogen and oxygen atoms in total. The topological polar surface area (TPSA) is 103 Å². The van der Waals surface area contributed by atoms with E-state index in [1.54, 1.807) is 27.7 Å². The number of hydrogen-bond donors (Lipinski definition) is 1. The van der Waals surface area contributed by atoms with Crippen molar-refractivity contribution in [3.05, 3.63) is 78.2 Å². The van der Waals surface area contributed by atoms with Crippen LogP contribution in [0.4, 0.5) is 4.39 Å². The van der Waals surface area contributed by atoms with Gasteiger partial charge in [0.05, 0.1) is 11.7 Å². The number of carbonyl (C=O) groups is 1. The molecule has 0 atom stereocenters. The first-order chi connectivity index (χ1) is 16.7. The number of fused-ring (bicyclic) bond motifs is 1. The molecule has 1 amide bonds. The quantitative estimate of drug-likeness (QED) is 0.411. The minimum absolute atomic E-state index is 0.0118. The molecule has 0 fully saturated rings. The first-order valence-corrected chi connectivity index (χ1v) is 11.1. The molecule has 0 aliphatic heterocycles. The highest BCUT2D eigenvalue weighted by molar-refractivity contribution is 5.90. The third-order valence-corrected chi connectivity index (χ3v) is 5.62. The molecule has 5 aromatic rings. The van der Waals surface area contributed by atoms with E-state index in [2.05, 4.69) is 25.7 Å². The van der Waals surface area contributed by atoms with Crippen LogP contribution in [0.25, 0.3) is 27.8 Å². The molecule has 0 saturated heterocycles. The van der Waals surface area contributed by atoms with Crippen LogP contribution in [0, 0.1) is 5.82 Å². The molecule has 178 valence electrons. The summed E-state index contributed by atoms with van der Waals surface area (Å²) in [5.74, 6) is -0.686. The van der Waals surface area contributed by atoms with Gasteiger partial charge in [-0.2, -0.15) is 15.2 Å². The maximum absolute atomic E-state index is 15.1. The Balaban J connectivity index is 1.39. The molecule has 0 unspecified atom stereocenters. The molecule has 0 aliphatic carbocycles. The lowest BCUT2D eigenvalue weighted by Gasteiger charge is -2.11. The fraction of sp³-hybridized carbons (Fsp3) is 0.240. The van der Waals surface area contributed by atoms with Gasteiger partial charge in [-0.3, -0.25) is 9.48 Å². The SMILES string of the molecule is Cn1cc(-c2cc(-c3ccc(CNC(=O)c4noc(C(C)(C)C)n4)c(F)c3)c3ccnn3c2)cn1. The smallest absolute Gasteiger partial charge is 0.292 e. The minimum Gasteiger partial charge on any atom is -0.345 e. The summed E-state index contributed by atoms with van der Waals surface area (Å²) in [6.07, 6.45) is 7.30. The van der Waals surface area contributed by atoms with Gasteiger partial charge in [-0.25, -0.2) is 8.91 Å². The van der Waals surface area contributed by atoms with E-state index in [9.17, 15) is 4.79 Å². The van der Waals surface area contributed by atoms with Crippen molar-refractivity contribution in [1.82, 2.24) is 34.9 Å². The van der Waals surface area contributed by atoms with Gasteiger partial charge in [0, 0.05) is 59.9 Å². The maximum atomic E-state index is 15.1. The van der Waals surface area contributed by atoms with Gasteiger partial charge in [-0.15, -0.1) is 0 Å². The highest BCUT2D eigenvalue weighted by atomic mass is 19.1. The summed E-state index contributed by atoms with van der Waals surface area (Å²) in [6.45, 7) is 5.71. The highest BCUT2D eigenvalue weighted by Crippen LogP contribution is 2.31. The molecule has 0 radical (unpaired) electrons. The van der Waals surface area contributed by atoms with Crippen molar-refractivity contribution in [2.45, 2.75) is 32.7 Å². The number of carbonyl (C=O) groups excluding carboxylic acids is 1. The number of aryl methyl sites for hydroxylation is 1. The average molecular weight is 474 g/mol. The predicted molar refractivity (Wildman–Crippen MR) is 127 cm³/mol. The van der Waals surface area contributed by atoms with Gasteiger partial charge in [0.2, 0.25) is 5.89 Å². The molecule has 0 bridgehead atoms. The van der Waals surface area contributed by atoms with E-state index < -0.39 is 11.7 Å². The van der Waals surface area contributed by atoms with Gasteiger partial charge in [0.15, 0.2) is 0 Å². The zero-order valence-corrected chi connectivity index (χ0v) is 19.8. The molecule has 4 aromatic heterocycles. The van der Waals surface area contributed by atoms with Crippen molar-refractivity contribution in [3.63, 3.8) is 0 Å². The van der Waals surface area contributed by atoms with Crippen molar-refractivity contribution >= 4 is 11.4 Å². The van der Waals surface area contributed by atoms with Crippen molar-refractivity contribution in [1.29, 1.82) is 0 Å². The van der Waals surface area contributed by atoms with E-state index in [0.717, 1.165) is 22.2 Å². The van der Waals surface area contributed by atoms with Gasteiger partial charge in [0.25, 0.3) is 11.7 Å². The Kier molecular flexibility index (Phi) is 5.43. The molecule has 10 heteroatoms. The largest absolute Gasteiger partial charge is 0.345 e. The third-order valence-electron chi connectivity index (χ3n) is 5.62. The molecule has 35 heavy (non-hydrogen) atoms. The number of nitrogens with zero attached hydrogens (tertiary/aromatic N) is 6. The lowest BCUT2D eigenvalue weighted by atomic mass is 9.97. The fourth-order valence-corrected chi connectivity index (χ4v) is 3.72. The summed E-state index contributed by atoms with van der Waals surface area (Å²) in [7, 11) is 1.85. The molecule has 4 heterocycles. The first kappa shape index (κ1) is 22.5. The highest BCUT2D eigenvalue weighted by Gasteiger charge is 2.24. The number of amides is 1. The van der Waals surface area contributed by atoms with Gasteiger partial charge < -0.3 is 9.84 Å². The Morgan fingerprint density at radius 3 is 2.60 bits per heavy atom. The summed E-state index contributed by atoms with van der Waals surface area (Å²) in [5, 5.41) is 15.0. The van der Waals surface area contributed by atoms with Gasteiger partial charge in [0.1, 0.15) is 5.82 Å². The van der Waals surface area contributed by atoms with Crippen LogP contribution in [0.3, 0.4) is 0 Å². The standard InChI is InChI=1S/C25H24FN7O2/c1-25(2,3)24-30-22(31-35-24)23(34)27-11-16-6-5-15(10-20(16)26)19-9-17(18-12-29-32(4)13-18)14-33-21(19)7-8-28-33/h5-10,12-14H,11H2,1-4H3,(H,27,34). The third kappa shape index (κ3) is 4.42. The van der Waals surface area contributed by atoms with Crippen LogP contribution in [0.5, 0.6) is 0 Å². The summed E-state index contributed by atoms with van der Waals surface area (Å²) < 4.78 is 23.7. The number of pyridine rings is 1. The van der Waals surface area contributed by atoms with E-state index in [-0.39, 0.29) is 17.8 Å². The van der Waals surface area contributed by atoms with Crippen molar-refractivity contribution < 1.29 is 13.7 Å². The molecule has 1 N–H and O–H groups in total. The zero-order valence-electron chi connectivity index (χ0n) is 19.8. The van der Waals surface area contributed by atoms with E-state index in [4.69, 9.17) is 4.52 Å². The van der Waals surface area contributed by atoms with Crippen molar-refractivity contribution in [2.24, 2.45) is 7.05 Å². The van der Waals surface area contributed by atoms with E-state index in [1.807, 2.05) is 58.4 Å². The van der Waals surface area contributed by atoms with Crippen LogP contribution in [0.2, 0.25) is 0 Å². The minimum atomic E-state index is -0.530. The number of rotatable bonds is 5. The normalized spacial score (nSPS) is 11.8. The molecule has 0 spiro atoms. The number of hydrogen-bond acceptors (Lipinski definition) is 6. The van der Waals surface area contributed by atoms with Gasteiger partial charge in [-0.1, -0.05) is 38.1 Å². The van der Waals surface area contributed by atoms with Gasteiger partial charge in [-0.05, 0) is 23.8 Å². The lowest BCUT2D eigenvalue weighted by Crippen LogP contribution is -2.24. The number of benzene rings is 1. The van der Waals surface area contributed by atoms with Gasteiger partial charge >= 0.3 is 0 Å². The molecular formula is C25H24FN7O2. The Labute approximate surface area is 200 Å². The summed E-state index contributed by atoms with van der Waals surface area (Å²) >= 11 is 0. The van der Waals surface area contributed by atoms with Crippen molar-refractivity contribution in [2.75, 3.05) is 0 Å². The molecule has 1 aromatic carbocycles. The monoisotopic (exact) mass is 473 g/mol. The molecule has 0 aliphatic rings. The van der Waals surface area contributed by atoms with Crippen LogP contribution in [0.15, 0.2) is 59.6 Å². The summed E-state index contributed by atoms with van der Waals surface area (Å²) in [5.41, 5.74) is 4.20. The summed E-state index contributed by atoms with van der Waals surface area (Å²) in [4.78, 5) is 16.5. The second-order valence-electron chi connectivity index (χ2n) is 9.37. The van der Waals surface area contributed by atoms with E-state index in [0.29, 0.717) is 17.0 Å². The maximum Gasteiger partial charge on any atom is 0.292 e. The van der Waals surface area contributed by atoms with Crippen LogP contribution in [-0.2, 0) is 19.0 Å². The number of halogens is 1. The Bertz CT molecular complexity index is 1540. The lowest BCUT2D eigenvalue weighted by molar-refractivity contribution is 0.0937. The average Bonchev–Trinajstić information content (AvgIpc) is 3.57.